The fraction of sp³-hybridized carbons (Fsp3) is 0.933. The largest absolute Gasteiger partial charge is 0.393 e. The van der Waals surface area contributed by atoms with E-state index in [-0.39, 0.29) is 23.8 Å². The topological polar surface area (TPSA) is 49.3 Å². The maximum atomic E-state index is 11.9. The Bertz CT molecular complexity index is 243. The van der Waals surface area contributed by atoms with Crippen LogP contribution >= 0.6 is 0 Å². The molecule has 0 spiro atoms. The summed E-state index contributed by atoms with van der Waals surface area (Å²) in [5.74, 6) is 0.548. The molecule has 1 rings (SSSR count). The van der Waals surface area contributed by atoms with Gasteiger partial charge in [-0.3, -0.25) is 4.79 Å². The van der Waals surface area contributed by atoms with Gasteiger partial charge in [0.1, 0.15) is 0 Å². The highest BCUT2D eigenvalue weighted by molar-refractivity contribution is 5.78. The molecule has 3 heteroatoms. The molecule has 0 aromatic rings. The van der Waals surface area contributed by atoms with Crippen LogP contribution in [0.15, 0.2) is 0 Å². The Morgan fingerprint density at radius 1 is 1.33 bits per heavy atom. The van der Waals surface area contributed by atoms with Gasteiger partial charge in [-0.1, -0.05) is 46.0 Å². The normalized spacial score (nSPS) is 25.1. The molecule has 1 aliphatic carbocycles. The van der Waals surface area contributed by atoms with Gasteiger partial charge in [-0.2, -0.15) is 0 Å². The summed E-state index contributed by atoms with van der Waals surface area (Å²) in [4.78, 5) is 11.9. The molecule has 0 aromatic carbocycles. The minimum absolute atomic E-state index is 0.111. The third kappa shape index (κ3) is 5.38. The predicted octanol–water partition coefficient (Wildman–Crippen LogP) is 2.87. The van der Waals surface area contributed by atoms with Crippen LogP contribution in [0.2, 0.25) is 0 Å². The van der Waals surface area contributed by atoms with E-state index in [4.69, 9.17) is 0 Å². The number of aliphatic hydroxyl groups is 1. The van der Waals surface area contributed by atoms with Crippen LogP contribution in [0.25, 0.3) is 0 Å². The number of rotatable bonds is 8. The zero-order valence-electron chi connectivity index (χ0n) is 12.0. The van der Waals surface area contributed by atoms with Gasteiger partial charge >= 0.3 is 0 Å². The van der Waals surface area contributed by atoms with Crippen molar-refractivity contribution in [2.45, 2.75) is 71.3 Å². The lowest BCUT2D eigenvalue weighted by atomic mass is 10.0. The van der Waals surface area contributed by atoms with Crippen molar-refractivity contribution in [1.82, 2.24) is 5.32 Å². The second-order valence-electron chi connectivity index (χ2n) is 5.75. The van der Waals surface area contributed by atoms with Gasteiger partial charge < -0.3 is 10.4 Å². The molecule has 0 heterocycles. The van der Waals surface area contributed by atoms with Gasteiger partial charge in [0.15, 0.2) is 0 Å². The van der Waals surface area contributed by atoms with Crippen molar-refractivity contribution in [3.63, 3.8) is 0 Å². The molecule has 0 radical (unpaired) electrons. The van der Waals surface area contributed by atoms with Crippen LogP contribution in [-0.2, 0) is 4.79 Å². The monoisotopic (exact) mass is 255 g/mol. The molecule has 0 aromatic heterocycles. The summed E-state index contributed by atoms with van der Waals surface area (Å²) in [6, 6.07) is 0. The number of aliphatic hydroxyl groups excluding tert-OH is 1. The summed E-state index contributed by atoms with van der Waals surface area (Å²) in [6.45, 7) is 4.86. The van der Waals surface area contributed by atoms with Crippen LogP contribution in [0.5, 0.6) is 0 Å². The molecule has 1 saturated carbocycles. The highest BCUT2D eigenvalue weighted by atomic mass is 16.3. The third-order valence-corrected chi connectivity index (χ3v) is 4.10. The Hall–Kier alpha value is -0.570. The van der Waals surface area contributed by atoms with E-state index in [1.54, 1.807) is 0 Å². The van der Waals surface area contributed by atoms with Crippen molar-refractivity contribution >= 4 is 5.91 Å². The van der Waals surface area contributed by atoms with E-state index in [1.165, 1.54) is 19.3 Å². The zero-order valence-corrected chi connectivity index (χ0v) is 12.0. The SMILES string of the molecule is CCCCCCC(C)C(=O)NCC1CCCC1O. The molecule has 106 valence electrons. The molecule has 1 amide bonds. The van der Waals surface area contributed by atoms with E-state index >= 15 is 0 Å². The summed E-state index contributed by atoms with van der Waals surface area (Å²) >= 11 is 0. The molecule has 2 N–H and O–H groups in total. The first-order valence-electron chi connectivity index (χ1n) is 7.61. The first-order chi connectivity index (χ1) is 8.65. The molecule has 0 aliphatic heterocycles. The molecule has 3 atom stereocenters. The van der Waals surface area contributed by atoms with Crippen LogP contribution in [0.4, 0.5) is 0 Å². The standard InChI is InChI=1S/C15H29NO2/c1-3-4-5-6-8-12(2)15(18)16-11-13-9-7-10-14(13)17/h12-14,17H,3-11H2,1-2H3,(H,16,18). The number of amides is 1. The minimum atomic E-state index is -0.204. The quantitative estimate of drug-likeness (QED) is 0.655. The average Bonchev–Trinajstić information content (AvgIpc) is 2.77. The van der Waals surface area contributed by atoms with E-state index in [9.17, 15) is 9.90 Å². The van der Waals surface area contributed by atoms with Crippen LogP contribution in [0.3, 0.4) is 0 Å². The fourth-order valence-corrected chi connectivity index (χ4v) is 2.67. The lowest BCUT2D eigenvalue weighted by Crippen LogP contribution is -2.35. The van der Waals surface area contributed by atoms with Crippen LogP contribution in [0, 0.1) is 11.8 Å². The number of hydrogen-bond acceptors (Lipinski definition) is 2. The van der Waals surface area contributed by atoms with E-state index < -0.39 is 0 Å². The van der Waals surface area contributed by atoms with Crippen LogP contribution in [0.1, 0.15) is 65.2 Å². The molecule has 3 unspecified atom stereocenters. The lowest BCUT2D eigenvalue weighted by molar-refractivity contribution is -0.125. The molecule has 1 aliphatic rings. The van der Waals surface area contributed by atoms with Crippen molar-refractivity contribution in [2.24, 2.45) is 11.8 Å². The van der Waals surface area contributed by atoms with Crippen LogP contribution in [-0.4, -0.2) is 23.7 Å². The molecule has 1 fully saturated rings. The zero-order chi connectivity index (χ0) is 13.4. The average molecular weight is 255 g/mol. The first kappa shape index (κ1) is 15.5. The number of carbonyl (C=O) groups excluding carboxylic acids is 1. The number of nitrogens with one attached hydrogen (secondary N) is 1. The number of unbranched alkanes of at least 4 members (excludes halogenated alkanes) is 3. The van der Waals surface area contributed by atoms with Gasteiger partial charge in [0.25, 0.3) is 0 Å². The Morgan fingerprint density at radius 2 is 2.11 bits per heavy atom. The van der Waals surface area contributed by atoms with E-state index in [0.717, 1.165) is 32.1 Å². The van der Waals surface area contributed by atoms with Crippen LogP contribution < -0.4 is 5.32 Å². The van der Waals surface area contributed by atoms with Gasteiger partial charge in [0.2, 0.25) is 5.91 Å². The Balaban J connectivity index is 2.11. The highest BCUT2D eigenvalue weighted by Crippen LogP contribution is 2.24. The summed E-state index contributed by atoms with van der Waals surface area (Å²) < 4.78 is 0. The van der Waals surface area contributed by atoms with Crippen molar-refractivity contribution in [3.8, 4) is 0 Å². The van der Waals surface area contributed by atoms with Gasteiger partial charge in [-0.15, -0.1) is 0 Å². The van der Waals surface area contributed by atoms with Crippen molar-refractivity contribution in [2.75, 3.05) is 6.54 Å². The second kappa shape index (κ2) is 8.52. The number of carbonyl (C=O) groups is 1. The van der Waals surface area contributed by atoms with Gasteiger partial charge in [-0.05, 0) is 19.3 Å². The van der Waals surface area contributed by atoms with E-state index in [1.807, 2.05) is 6.92 Å². The second-order valence-corrected chi connectivity index (χ2v) is 5.75. The van der Waals surface area contributed by atoms with Gasteiger partial charge in [-0.25, -0.2) is 0 Å². The Morgan fingerprint density at radius 3 is 2.72 bits per heavy atom. The molecular formula is C15H29NO2. The molecule has 0 bridgehead atoms. The summed E-state index contributed by atoms with van der Waals surface area (Å²) in [7, 11) is 0. The smallest absolute Gasteiger partial charge is 0.222 e. The third-order valence-electron chi connectivity index (χ3n) is 4.10. The van der Waals surface area contributed by atoms with Crippen molar-refractivity contribution < 1.29 is 9.90 Å². The predicted molar refractivity (Wildman–Crippen MR) is 74.3 cm³/mol. The molecule has 0 saturated heterocycles. The van der Waals surface area contributed by atoms with Crippen molar-refractivity contribution in [3.05, 3.63) is 0 Å². The lowest BCUT2D eigenvalue weighted by Gasteiger charge is -2.17. The Labute approximate surface area is 111 Å². The summed E-state index contributed by atoms with van der Waals surface area (Å²) in [5, 5.41) is 12.7. The number of hydrogen-bond donors (Lipinski definition) is 2. The fourth-order valence-electron chi connectivity index (χ4n) is 2.67. The summed E-state index contributed by atoms with van der Waals surface area (Å²) in [6.07, 6.45) is 8.70. The van der Waals surface area contributed by atoms with E-state index in [0.29, 0.717) is 6.54 Å². The van der Waals surface area contributed by atoms with Gasteiger partial charge in [0, 0.05) is 18.4 Å². The highest BCUT2D eigenvalue weighted by Gasteiger charge is 2.25. The van der Waals surface area contributed by atoms with E-state index in [2.05, 4.69) is 12.2 Å². The molecule has 18 heavy (non-hydrogen) atoms. The maximum Gasteiger partial charge on any atom is 0.222 e. The molecular weight excluding hydrogens is 226 g/mol. The Kier molecular flexibility index (Phi) is 7.33. The minimum Gasteiger partial charge on any atom is -0.393 e. The maximum absolute atomic E-state index is 11.9. The molecule has 3 nitrogen and oxygen atoms in total. The van der Waals surface area contributed by atoms with Crippen molar-refractivity contribution in [1.29, 1.82) is 0 Å². The summed E-state index contributed by atoms with van der Waals surface area (Å²) in [5.41, 5.74) is 0. The first-order valence-corrected chi connectivity index (χ1v) is 7.61. The van der Waals surface area contributed by atoms with Gasteiger partial charge in [0.05, 0.1) is 6.10 Å².